The van der Waals surface area contributed by atoms with Gasteiger partial charge in [-0.1, -0.05) is 22.9 Å². The number of hydrogen-bond acceptors (Lipinski definition) is 3. The number of aromatic amines is 1. The molecule has 0 amide bonds. The van der Waals surface area contributed by atoms with Gasteiger partial charge in [-0.2, -0.15) is 0 Å². The number of sulfonamides is 1. The Labute approximate surface area is 97.9 Å². The minimum atomic E-state index is -3.44. The highest BCUT2D eigenvalue weighted by Gasteiger charge is 2.19. The van der Waals surface area contributed by atoms with E-state index >= 15 is 0 Å². The van der Waals surface area contributed by atoms with E-state index in [1.165, 1.54) is 12.5 Å². The maximum absolute atomic E-state index is 11.7. The quantitative estimate of drug-likeness (QED) is 0.776. The molecule has 86 valence electrons. The topological polar surface area (TPSA) is 74.8 Å². The lowest BCUT2D eigenvalue weighted by molar-refractivity contribution is 0.530. The maximum atomic E-state index is 11.7. The van der Waals surface area contributed by atoms with Gasteiger partial charge in [0.05, 0.1) is 12.5 Å². The number of nitrogens with zero attached hydrogens (tertiary/aromatic N) is 1. The van der Waals surface area contributed by atoms with Crippen molar-refractivity contribution in [3.8, 4) is 0 Å². The van der Waals surface area contributed by atoms with E-state index in [1.54, 1.807) is 0 Å². The van der Waals surface area contributed by atoms with Crippen molar-refractivity contribution in [1.82, 2.24) is 14.7 Å². The number of aromatic nitrogens is 2. The monoisotopic (exact) mass is 295 g/mol. The number of halogens is 1. The van der Waals surface area contributed by atoms with Crippen molar-refractivity contribution in [3.63, 3.8) is 0 Å². The van der Waals surface area contributed by atoms with Crippen LogP contribution in [0.4, 0.5) is 0 Å². The average Bonchev–Trinajstić information content (AvgIpc) is 2.70. The van der Waals surface area contributed by atoms with E-state index in [2.05, 4.69) is 30.6 Å². The Bertz CT molecular complexity index is 377. The van der Waals surface area contributed by atoms with Gasteiger partial charge < -0.3 is 4.98 Å². The molecule has 1 unspecified atom stereocenters. The second-order valence-electron chi connectivity index (χ2n) is 3.12. The van der Waals surface area contributed by atoms with Gasteiger partial charge in [-0.3, -0.25) is 0 Å². The van der Waals surface area contributed by atoms with Crippen LogP contribution in [0.25, 0.3) is 0 Å². The van der Waals surface area contributed by atoms with Crippen LogP contribution in [0.5, 0.6) is 0 Å². The zero-order valence-corrected chi connectivity index (χ0v) is 10.8. The number of rotatable bonds is 6. The van der Waals surface area contributed by atoms with Crippen molar-refractivity contribution in [2.45, 2.75) is 30.8 Å². The van der Waals surface area contributed by atoms with Crippen LogP contribution in [-0.2, 0) is 10.0 Å². The first kappa shape index (κ1) is 12.7. The number of alkyl halides is 1. The van der Waals surface area contributed by atoms with Gasteiger partial charge >= 0.3 is 0 Å². The summed E-state index contributed by atoms with van der Waals surface area (Å²) < 4.78 is 26.1. The fourth-order valence-corrected chi connectivity index (χ4v) is 2.96. The molecule has 15 heavy (non-hydrogen) atoms. The summed E-state index contributed by atoms with van der Waals surface area (Å²) in [7, 11) is -3.44. The Kier molecular flexibility index (Phi) is 4.75. The van der Waals surface area contributed by atoms with E-state index in [-0.39, 0.29) is 11.1 Å². The van der Waals surface area contributed by atoms with Gasteiger partial charge in [0, 0.05) is 11.4 Å². The zero-order valence-electron chi connectivity index (χ0n) is 8.40. The highest BCUT2D eigenvalue weighted by Crippen LogP contribution is 2.07. The van der Waals surface area contributed by atoms with Gasteiger partial charge in [-0.15, -0.1) is 0 Å². The van der Waals surface area contributed by atoms with Gasteiger partial charge in [0.1, 0.15) is 0 Å². The molecule has 0 aliphatic heterocycles. The SMILES string of the molecule is CCC(CCBr)NS(=O)(=O)c1cnc[nH]1. The molecule has 0 spiro atoms. The van der Waals surface area contributed by atoms with Crippen molar-refractivity contribution < 1.29 is 8.42 Å². The van der Waals surface area contributed by atoms with Crippen LogP contribution in [0.2, 0.25) is 0 Å². The molecule has 1 aromatic rings. The first-order valence-electron chi connectivity index (χ1n) is 4.66. The van der Waals surface area contributed by atoms with E-state index in [0.29, 0.717) is 0 Å². The van der Waals surface area contributed by atoms with Gasteiger partial charge in [-0.05, 0) is 12.8 Å². The molecule has 0 saturated heterocycles. The Balaban J connectivity index is 2.72. The maximum Gasteiger partial charge on any atom is 0.257 e. The highest BCUT2D eigenvalue weighted by molar-refractivity contribution is 9.09. The first-order valence-corrected chi connectivity index (χ1v) is 7.27. The van der Waals surface area contributed by atoms with Gasteiger partial charge in [0.2, 0.25) is 0 Å². The molecule has 0 aromatic carbocycles. The van der Waals surface area contributed by atoms with Crippen LogP contribution in [-0.4, -0.2) is 29.8 Å². The van der Waals surface area contributed by atoms with Crippen LogP contribution >= 0.6 is 15.9 Å². The summed E-state index contributed by atoms with van der Waals surface area (Å²) in [5.74, 6) is 0. The van der Waals surface area contributed by atoms with Gasteiger partial charge in [-0.25, -0.2) is 18.1 Å². The third kappa shape index (κ3) is 3.58. The molecule has 0 aliphatic rings. The van der Waals surface area contributed by atoms with Crippen molar-refractivity contribution in [2.24, 2.45) is 0 Å². The molecule has 0 bridgehead atoms. The average molecular weight is 296 g/mol. The number of imidazole rings is 1. The van der Waals surface area contributed by atoms with E-state index in [0.717, 1.165) is 18.2 Å². The molecule has 0 aliphatic carbocycles. The summed E-state index contributed by atoms with van der Waals surface area (Å²) in [6.07, 6.45) is 4.17. The Morgan fingerprint density at radius 3 is 2.87 bits per heavy atom. The lowest BCUT2D eigenvalue weighted by Gasteiger charge is -2.14. The predicted octanol–water partition coefficient (Wildman–Crippen LogP) is 1.25. The van der Waals surface area contributed by atoms with Crippen molar-refractivity contribution >= 4 is 26.0 Å². The van der Waals surface area contributed by atoms with E-state index in [4.69, 9.17) is 0 Å². The summed E-state index contributed by atoms with van der Waals surface area (Å²) in [6, 6.07) is -0.0438. The molecule has 1 atom stereocenters. The van der Waals surface area contributed by atoms with Gasteiger partial charge in [0.15, 0.2) is 5.03 Å². The van der Waals surface area contributed by atoms with E-state index in [1.807, 2.05) is 6.92 Å². The molecule has 7 heteroatoms. The number of nitrogens with one attached hydrogen (secondary N) is 2. The number of H-pyrrole nitrogens is 1. The van der Waals surface area contributed by atoms with E-state index < -0.39 is 10.0 Å². The minimum Gasteiger partial charge on any atom is -0.335 e. The molecule has 1 aromatic heterocycles. The fraction of sp³-hybridized carbons (Fsp3) is 0.625. The fourth-order valence-electron chi connectivity index (χ4n) is 1.15. The Morgan fingerprint density at radius 2 is 2.40 bits per heavy atom. The normalized spacial score (nSPS) is 14.0. The van der Waals surface area contributed by atoms with Crippen molar-refractivity contribution in [1.29, 1.82) is 0 Å². The lowest BCUT2D eigenvalue weighted by atomic mass is 10.2. The highest BCUT2D eigenvalue weighted by atomic mass is 79.9. The molecule has 2 N–H and O–H groups in total. The van der Waals surface area contributed by atoms with E-state index in [9.17, 15) is 8.42 Å². The van der Waals surface area contributed by atoms with Gasteiger partial charge in [0.25, 0.3) is 10.0 Å². The Hall–Kier alpha value is -0.400. The minimum absolute atomic E-state index is 0.0438. The summed E-state index contributed by atoms with van der Waals surface area (Å²) in [4.78, 5) is 6.26. The molecular weight excluding hydrogens is 282 g/mol. The molecular formula is C8H14BrN3O2S. The van der Waals surface area contributed by atoms with Crippen molar-refractivity contribution in [3.05, 3.63) is 12.5 Å². The summed E-state index contributed by atoms with van der Waals surface area (Å²) in [6.45, 7) is 1.95. The van der Waals surface area contributed by atoms with Crippen LogP contribution in [0.1, 0.15) is 19.8 Å². The largest absolute Gasteiger partial charge is 0.335 e. The molecule has 0 radical (unpaired) electrons. The van der Waals surface area contributed by atoms with Crippen LogP contribution in [0, 0.1) is 0 Å². The molecule has 1 rings (SSSR count). The molecule has 5 nitrogen and oxygen atoms in total. The van der Waals surface area contributed by atoms with Crippen LogP contribution in [0.15, 0.2) is 17.6 Å². The number of hydrogen-bond donors (Lipinski definition) is 2. The third-order valence-electron chi connectivity index (χ3n) is 2.03. The molecule has 0 fully saturated rings. The van der Waals surface area contributed by atoms with Crippen LogP contribution < -0.4 is 4.72 Å². The molecule has 1 heterocycles. The summed E-state index contributed by atoms with van der Waals surface area (Å²) >= 11 is 3.29. The summed E-state index contributed by atoms with van der Waals surface area (Å²) in [5, 5.41) is 0.882. The second kappa shape index (κ2) is 5.62. The molecule has 0 saturated carbocycles. The lowest BCUT2D eigenvalue weighted by Crippen LogP contribution is -2.34. The smallest absolute Gasteiger partial charge is 0.257 e. The first-order chi connectivity index (χ1) is 7.10. The zero-order chi connectivity index (χ0) is 11.3. The predicted molar refractivity (Wildman–Crippen MR) is 61.4 cm³/mol. The third-order valence-corrected chi connectivity index (χ3v) is 3.94. The standard InChI is InChI=1S/C8H14BrN3O2S/c1-2-7(3-4-9)12-15(13,14)8-5-10-6-11-8/h5-7,12H,2-4H2,1H3,(H,10,11). The summed E-state index contributed by atoms with van der Waals surface area (Å²) in [5.41, 5.74) is 0. The van der Waals surface area contributed by atoms with Crippen LogP contribution in [0.3, 0.4) is 0 Å². The van der Waals surface area contributed by atoms with Crippen molar-refractivity contribution in [2.75, 3.05) is 5.33 Å². The second-order valence-corrected chi connectivity index (χ2v) is 5.60. The Morgan fingerprint density at radius 1 is 1.67 bits per heavy atom.